The van der Waals surface area contributed by atoms with Gasteiger partial charge in [-0.3, -0.25) is 4.90 Å². The summed E-state index contributed by atoms with van der Waals surface area (Å²) in [6, 6.07) is 14.0. The number of nitrogens with zero attached hydrogens (tertiary/aromatic N) is 1. The Morgan fingerprint density at radius 3 is 2.69 bits per heavy atom. The second kappa shape index (κ2) is 8.35. The minimum atomic E-state index is -0.727. The van der Waals surface area contributed by atoms with E-state index in [1.165, 1.54) is 23.8 Å². The molecule has 6 heteroatoms. The van der Waals surface area contributed by atoms with Gasteiger partial charge < -0.3 is 15.6 Å². The van der Waals surface area contributed by atoms with Crippen LogP contribution in [0, 0.1) is 5.82 Å². The number of hydrogen-bond acceptors (Lipinski definition) is 4. The van der Waals surface area contributed by atoms with Crippen molar-refractivity contribution in [2.24, 2.45) is 5.73 Å². The van der Waals surface area contributed by atoms with Crippen LogP contribution in [0.25, 0.3) is 0 Å². The number of aliphatic hydroxyl groups excluding tert-OH is 1. The fraction of sp³-hybridized carbons (Fsp3) is 0.400. The fourth-order valence-electron chi connectivity index (χ4n) is 3.55. The van der Waals surface area contributed by atoms with E-state index in [2.05, 4.69) is 17.0 Å². The lowest BCUT2D eigenvalue weighted by atomic mass is 10.1. The minimum absolute atomic E-state index is 0.00388. The van der Waals surface area contributed by atoms with Crippen LogP contribution < -0.4 is 10.5 Å². The molecule has 1 fully saturated rings. The number of rotatable bonds is 6. The summed E-state index contributed by atoms with van der Waals surface area (Å²) in [6.45, 7) is 0.786. The zero-order chi connectivity index (χ0) is 18.7. The average molecular weight is 379 g/mol. The van der Waals surface area contributed by atoms with Gasteiger partial charge in [0.15, 0.2) is 0 Å². The van der Waals surface area contributed by atoms with Crippen molar-refractivity contribution in [1.29, 1.82) is 0 Å². The first-order valence-corrected chi connectivity index (χ1v) is 9.13. The maximum absolute atomic E-state index is 13.3. The molecule has 0 saturated heterocycles. The monoisotopic (exact) mass is 378 g/mol. The van der Waals surface area contributed by atoms with Crippen molar-refractivity contribution in [1.82, 2.24) is 4.90 Å². The molecule has 1 aliphatic carbocycles. The van der Waals surface area contributed by atoms with Crippen molar-refractivity contribution in [2.45, 2.75) is 37.1 Å². The number of aliphatic hydroxyl groups is 1. The van der Waals surface area contributed by atoms with Gasteiger partial charge in [0.25, 0.3) is 0 Å². The van der Waals surface area contributed by atoms with Crippen LogP contribution in [-0.4, -0.2) is 47.9 Å². The summed E-state index contributed by atoms with van der Waals surface area (Å²) in [5, 5.41) is 10.7. The molecule has 4 nitrogen and oxygen atoms in total. The van der Waals surface area contributed by atoms with Crippen molar-refractivity contribution >= 4 is 11.6 Å². The summed E-state index contributed by atoms with van der Waals surface area (Å²) in [5.41, 5.74) is 7.51. The highest BCUT2D eigenvalue weighted by Crippen LogP contribution is 2.29. The van der Waals surface area contributed by atoms with E-state index in [1.807, 2.05) is 25.2 Å². The van der Waals surface area contributed by atoms with Crippen molar-refractivity contribution in [3.05, 3.63) is 64.9 Å². The van der Waals surface area contributed by atoms with Gasteiger partial charge in [0.1, 0.15) is 23.8 Å². The minimum Gasteiger partial charge on any atom is -0.488 e. The van der Waals surface area contributed by atoms with Crippen molar-refractivity contribution in [2.75, 3.05) is 13.6 Å². The second-order valence-corrected chi connectivity index (χ2v) is 7.24. The van der Waals surface area contributed by atoms with Gasteiger partial charge in [0.2, 0.25) is 0 Å². The number of hydrogen-bond donors (Lipinski definition) is 2. The molecule has 0 radical (unpaired) electrons. The van der Waals surface area contributed by atoms with E-state index in [1.54, 1.807) is 0 Å². The average Bonchev–Trinajstić information content (AvgIpc) is 2.90. The highest BCUT2D eigenvalue weighted by Gasteiger charge is 2.44. The Kier molecular flexibility index (Phi) is 6.14. The van der Waals surface area contributed by atoms with E-state index in [0.717, 1.165) is 13.0 Å². The molecule has 26 heavy (non-hydrogen) atoms. The Labute approximate surface area is 158 Å². The first-order chi connectivity index (χ1) is 12.5. The molecule has 3 rings (SSSR count). The van der Waals surface area contributed by atoms with Crippen LogP contribution in [-0.2, 0) is 6.42 Å². The zero-order valence-electron chi connectivity index (χ0n) is 14.7. The number of nitrogens with two attached hydrogens (primary N) is 1. The van der Waals surface area contributed by atoms with Crippen LogP contribution >= 0.6 is 11.6 Å². The third-order valence-electron chi connectivity index (χ3n) is 4.96. The Morgan fingerprint density at radius 1 is 1.27 bits per heavy atom. The maximum Gasteiger partial charge on any atom is 0.142 e. The largest absolute Gasteiger partial charge is 0.488 e. The van der Waals surface area contributed by atoms with Crippen LogP contribution in [0.2, 0.25) is 5.02 Å². The highest BCUT2D eigenvalue weighted by atomic mass is 35.5. The number of ether oxygens (including phenoxy) is 1. The van der Waals surface area contributed by atoms with Gasteiger partial charge in [-0.05, 0) is 31.2 Å². The van der Waals surface area contributed by atoms with Crippen LogP contribution in [0.15, 0.2) is 48.5 Å². The van der Waals surface area contributed by atoms with Gasteiger partial charge in [-0.15, -0.1) is 0 Å². The lowest BCUT2D eigenvalue weighted by molar-refractivity contribution is 0.0160. The molecule has 0 heterocycles. The van der Waals surface area contributed by atoms with Gasteiger partial charge in [-0.2, -0.15) is 0 Å². The lowest BCUT2D eigenvalue weighted by Crippen LogP contribution is -2.49. The summed E-state index contributed by atoms with van der Waals surface area (Å²) in [7, 11) is 1.97. The number of likely N-dealkylation sites (N-methyl/N-ethyl adjacent to an activating group) is 1. The van der Waals surface area contributed by atoms with Crippen LogP contribution in [0.5, 0.6) is 5.75 Å². The maximum atomic E-state index is 13.3. The summed E-state index contributed by atoms with van der Waals surface area (Å²) < 4.78 is 19.1. The molecule has 0 bridgehead atoms. The summed E-state index contributed by atoms with van der Waals surface area (Å²) in [6.07, 6.45) is 0.230. The van der Waals surface area contributed by atoms with Gasteiger partial charge >= 0.3 is 0 Å². The normalized spacial score (nSPS) is 25.6. The molecule has 1 saturated carbocycles. The molecule has 2 aromatic rings. The standard InChI is InChI=1S/C20H24ClFN2O2/c1-24(10-9-13-5-3-2-4-6-13)19-17(23)12-18(20(19)25)26-14-7-8-16(22)15(21)11-14/h2-8,11,17-20,25H,9-10,12,23H2,1H3/t17-,18-,19+,20+/m1/s1. The molecule has 0 unspecified atom stereocenters. The molecular formula is C20H24ClFN2O2. The van der Waals surface area contributed by atoms with Crippen LogP contribution in [0.4, 0.5) is 4.39 Å². The summed E-state index contributed by atoms with van der Waals surface area (Å²) >= 11 is 5.79. The number of benzene rings is 2. The van der Waals surface area contributed by atoms with Crippen LogP contribution in [0.3, 0.4) is 0 Å². The van der Waals surface area contributed by atoms with Crippen molar-refractivity contribution in [3.63, 3.8) is 0 Å². The molecule has 4 atom stereocenters. The third kappa shape index (κ3) is 4.35. The predicted molar refractivity (Wildman–Crippen MR) is 101 cm³/mol. The predicted octanol–water partition coefficient (Wildman–Crippen LogP) is 2.86. The van der Waals surface area contributed by atoms with Gasteiger partial charge in [0.05, 0.1) is 11.1 Å². The van der Waals surface area contributed by atoms with E-state index >= 15 is 0 Å². The van der Waals surface area contributed by atoms with E-state index in [9.17, 15) is 9.50 Å². The molecule has 0 aromatic heterocycles. The van der Waals surface area contributed by atoms with Crippen molar-refractivity contribution < 1.29 is 14.2 Å². The quantitative estimate of drug-likeness (QED) is 0.811. The van der Waals surface area contributed by atoms with E-state index in [0.29, 0.717) is 12.2 Å². The molecule has 1 aliphatic rings. The Bertz CT molecular complexity index is 731. The molecule has 140 valence electrons. The fourth-order valence-corrected chi connectivity index (χ4v) is 3.72. The Hall–Kier alpha value is -1.66. The van der Waals surface area contributed by atoms with Crippen LogP contribution in [0.1, 0.15) is 12.0 Å². The number of halogens is 2. The van der Waals surface area contributed by atoms with Gasteiger partial charge in [-0.25, -0.2) is 4.39 Å². The molecule has 2 aromatic carbocycles. The Balaban J connectivity index is 1.61. The van der Waals surface area contributed by atoms with Crippen molar-refractivity contribution in [3.8, 4) is 5.75 Å². The highest BCUT2D eigenvalue weighted by molar-refractivity contribution is 6.30. The molecule has 0 spiro atoms. The Morgan fingerprint density at radius 2 is 2.00 bits per heavy atom. The molecular weight excluding hydrogens is 355 g/mol. The summed E-state index contributed by atoms with van der Waals surface area (Å²) in [4.78, 5) is 2.09. The molecule has 0 amide bonds. The first kappa shape index (κ1) is 19.1. The van der Waals surface area contributed by atoms with E-state index in [-0.39, 0.29) is 17.1 Å². The SMILES string of the molecule is CN(CCc1ccccc1)[C@@H]1[C@@H](O)[C@H](Oc2ccc(F)c(Cl)c2)C[C@H]1N. The lowest BCUT2D eigenvalue weighted by Gasteiger charge is -2.30. The molecule has 3 N–H and O–H groups in total. The zero-order valence-corrected chi connectivity index (χ0v) is 15.4. The second-order valence-electron chi connectivity index (χ2n) is 6.83. The smallest absolute Gasteiger partial charge is 0.142 e. The summed E-state index contributed by atoms with van der Waals surface area (Å²) in [5.74, 6) is -0.0681. The van der Waals surface area contributed by atoms with Gasteiger partial charge in [-0.1, -0.05) is 41.9 Å². The third-order valence-corrected chi connectivity index (χ3v) is 5.25. The van der Waals surface area contributed by atoms with Gasteiger partial charge in [0, 0.05) is 25.1 Å². The van der Waals surface area contributed by atoms with E-state index < -0.39 is 18.0 Å². The topological polar surface area (TPSA) is 58.7 Å². The first-order valence-electron chi connectivity index (χ1n) is 8.75. The van der Waals surface area contributed by atoms with E-state index in [4.69, 9.17) is 22.1 Å². The molecule has 0 aliphatic heterocycles.